The zero-order chi connectivity index (χ0) is 13.6. The molecule has 3 rings (SSSR count). The third-order valence-corrected chi connectivity index (χ3v) is 4.06. The lowest BCUT2D eigenvalue weighted by atomic mass is 10.2. The van der Waals surface area contributed by atoms with Crippen molar-refractivity contribution in [2.75, 3.05) is 13.6 Å². The van der Waals surface area contributed by atoms with Crippen molar-refractivity contribution in [3.63, 3.8) is 0 Å². The van der Waals surface area contributed by atoms with Crippen molar-refractivity contribution in [1.29, 1.82) is 0 Å². The third-order valence-electron chi connectivity index (χ3n) is 3.83. The number of nitrogens with zero attached hydrogens (tertiary/aromatic N) is 3. The van der Waals surface area contributed by atoms with E-state index in [1.807, 2.05) is 36.7 Å². The lowest BCUT2D eigenvalue weighted by Gasteiger charge is -2.15. The van der Waals surface area contributed by atoms with Gasteiger partial charge in [-0.1, -0.05) is 12.1 Å². The van der Waals surface area contributed by atoms with Crippen LogP contribution in [0.2, 0.25) is 0 Å². The fraction of sp³-hybridized carbons (Fsp3) is 0.429. The molecule has 1 aromatic carbocycles. The zero-order valence-corrected chi connectivity index (χ0v) is 11.8. The smallest absolute Gasteiger partial charge is 0.245 e. The molecule has 4 nitrogen and oxygen atoms in total. The second-order valence-corrected chi connectivity index (χ2v) is 5.31. The van der Waals surface area contributed by atoms with Crippen LogP contribution in [0.3, 0.4) is 0 Å². The summed E-state index contributed by atoms with van der Waals surface area (Å²) >= 11 is 6.01. The van der Waals surface area contributed by atoms with Crippen molar-refractivity contribution in [2.24, 2.45) is 0 Å². The average molecular weight is 278 g/mol. The summed E-state index contributed by atoms with van der Waals surface area (Å²) in [4.78, 5) is 18.6. The number of imidazole rings is 1. The number of para-hydroxylation sites is 1. The fourth-order valence-electron chi connectivity index (χ4n) is 2.79. The van der Waals surface area contributed by atoms with Gasteiger partial charge in [-0.2, -0.15) is 0 Å². The molecule has 1 amide bonds. The Hall–Kier alpha value is -1.55. The van der Waals surface area contributed by atoms with Crippen LogP contribution >= 0.6 is 11.6 Å². The van der Waals surface area contributed by atoms with E-state index in [0.29, 0.717) is 5.88 Å². The Morgan fingerprint density at radius 2 is 2.26 bits per heavy atom. The Bertz CT molecular complexity index is 649. The maximum absolute atomic E-state index is 12.2. The molecule has 0 radical (unpaired) electrons. The summed E-state index contributed by atoms with van der Waals surface area (Å²) in [6, 6.07) is 5.87. The molecule has 1 atom stereocenters. The number of aryl methyl sites for hydroxylation is 1. The van der Waals surface area contributed by atoms with Gasteiger partial charge in [0.1, 0.15) is 11.9 Å². The van der Waals surface area contributed by atoms with Crippen LogP contribution in [0.1, 0.15) is 23.9 Å². The minimum absolute atomic E-state index is 0.146. The summed E-state index contributed by atoms with van der Waals surface area (Å²) in [6.07, 6.45) is 0.818. The first-order valence-corrected chi connectivity index (χ1v) is 6.94. The largest absolute Gasteiger partial charge is 0.344 e. The van der Waals surface area contributed by atoms with E-state index >= 15 is 0 Å². The molecule has 19 heavy (non-hydrogen) atoms. The lowest BCUT2D eigenvalue weighted by molar-refractivity contribution is -0.129. The number of fused-ring (bicyclic) bond motifs is 1. The SMILES string of the molecule is Cc1cccc2c1nc(CCl)n2C1CCN(C)C1=O. The van der Waals surface area contributed by atoms with Crippen LogP contribution in [-0.4, -0.2) is 34.0 Å². The van der Waals surface area contributed by atoms with E-state index in [9.17, 15) is 4.79 Å². The Kier molecular flexibility index (Phi) is 2.97. The van der Waals surface area contributed by atoms with E-state index in [-0.39, 0.29) is 11.9 Å². The predicted molar refractivity (Wildman–Crippen MR) is 75.3 cm³/mol. The van der Waals surface area contributed by atoms with E-state index in [1.54, 1.807) is 4.90 Å². The van der Waals surface area contributed by atoms with Crippen molar-refractivity contribution < 1.29 is 4.79 Å². The molecule has 1 aromatic heterocycles. The van der Waals surface area contributed by atoms with Crippen LogP contribution in [0.4, 0.5) is 0 Å². The lowest BCUT2D eigenvalue weighted by Crippen LogP contribution is -2.25. The molecule has 0 spiro atoms. The number of alkyl halides is 1. The Morgan fingerprint density at radius 1 is 1.47 bits per heavy atom. The van der Waals surface area contributed by atoms with Gasteiger partial charge in [-0.3, -0.25) is 4.79 Å². The number of carbonyl (C=O) groups excluding carboxylic acids is 1. The monoisotopic (exact) mass is 277 g/mol. The molecule has 2 heterocycles. The standard InChI is InChI=1S/C14H16ClN3O/c1-9-4-3-5-10-13(9)16-12(8-15)18(10)11-6-7-17(2)14(11)19/h3-5,11H,6-8H2,1-2H3. The van der Waals surface area contributed by atoms with Crippen molar-refractivity contribution in [3.05, 3.63) is 29.6 Å². The van der Waals surface area contributed by atoms with Crippen LogP contribution < -0.4 is 0 Å². The number of rotatable bonds is 2. The number of likely N-dealkylation sites (N-methyl/N-ethyl adjacent to an activating group) is 1. The molecule has 0 N–H and O–H groups in total. The minimum atomic E-state index is -0.162. The first-order valence-electron chi connectivity index (χ1n) is 6.41. The number of carbonyl (C=O) groups is 1. The summed E-state index contributed by atoms with van der Waals surface area (Å²) in [5, 5.41) is 0. The Labute approximate surface area is 117 Å². The highest BCUT2D eigenvalue weighted by atomic mass is 35.5. The molecule has 1 aliphatic rings. The molecular weight excluding hydrogens is 262 g/mol. The number of amides is 1. The number of aromatic nitrogens is 2. The van der Waals surface area contributed by atoms with Crippen molar-refractivity contribution >= 4 is 28.5 Å². The van der Waals surface area contributed by atoms with Gasteiger partial charge in [0.15, 0.2) is 0 Å². The molecule has 5 heteroatoms. The molecule has 2 aromatic rings. The summed E-state index contributed by atoms with van der Waals surface area (Å²) in [6.45, 7) is 2.82. The van der Waals surface area contributed by atoms with Gasteiger partial charge in [-0.15, -0.1) is 11.6 Å². The average Bonchev–Trinajstić information content (AvgIpc) is 2.92. The van der Waals surface area contributed by atoms with Crippen molar-refractivity contribution in [3.8, 4) is 0 Å². The molecule has 0 bridgehead atoms. The topological polar surface area (TPSA) is 38.1 Å². The normalized spacial score (nSPS) is 19.6. The van der Waals surface area contributed by atoms with E-state index in [1.165, 1.54) is 0 Å². The molecule has 0 aliphatic carbocycles. The first-order chi connectivity index (χ1) is 9.13. The van der Waals surface area contributed by atoms with E-state index < -0.39 is 0 Å². The summed E-state index contributed by atoms with van der Waals surface area (Å²) in [5.74, 6) is 1.24. The second-order valence-electron chi connectivity index (χ2n) is 5.04. The first kappa shape index (κ1) is 12.5. The number of halogens is 1. The van der Waals surface area contributed by atoms with E-state index in [0.717, 1.165) is 35.4 Å². The molecular formula is C14H16ClN3O. The highest BCUT2D eigenvalue weighted by Crippen LogP contribution is 2.30. The number of benzene rings is 1. The summed E-state index contributed by atoms with van der Waals surface area (Å²) < 4.78 is 2.02. The molecule has 100 valence electrons. The predicted octanol–water partition coefficient (Wildman–Crippen LogP) is 2.49. The van der Waals surface area contributed by atoms with E-state index in [2.05, 4.69) is 4.98 Å². The van der Waals surface area contributed by atoms with Crippen LogP contribution in [0.15, 0.2) is 18.2 Å². The summed E-state index contributed by atoms with van der Waals surface area (Å²) in [5.41, 5.74) is 3.06. The van der Waals surface area contributed by atoms with Gasteiger partial charge in [-0.05, 0) is 25.0 Å². The minimum Gasteiger partial charge on any atom is -0.344 e. The Balaban J connectivity index is 2.22. The highest BCUT2D eigenvalue weighted by Gasteiger charge is 2.33. The van der Waals surface area contributed by atoms with Crippen molar-refractivity contribution in [2.45, 2.75) is 25.3 Å². The van der Waals surface area contributed by atoms with E-state index in [4.69, 9.17) is 11.6 Å². The van der Waals surface area contributed by atoms with Crippen LogP contribution in [0.5, 0.6) is 0 Å². The van der Waals surface area contributed by atoms with Gasteiger partial charge < -0.3 is 9.47 Å². The van der Waals surface area contributed by atoms with Gasteiger partial charge in [0.25, 0.3) is 0 Å². The third kappa shape index (κ3) is 1.82. The van der Waals surface area contributed by atoms with Crippen LogP contribution in [0, 0.1) is 6.92 Å². The van der Waals surface area contributed by atoms with Gasteiger partial charge in [0, 0.05) is 13.6 Å². The van der Waals surface area contributed by atoms with Crippen LogP contribution in [0.25, 0.3) is 11.0 Å². The number of likely N-dealkylation sites (tertiary alicyclic amines) is 1. The Morgan fingerprint density at radius 3 is 2.89 bits per heavy atom. The van der Waals surface area contributed by atoms with Gasteiger partial charge in [-0.25, -0.2) is 4.98 Å². The molecule has 1 unspecified atom stereocenters. The fourth-order valence-corrected chi connectivity index (χ4v) is 2.98. The second kappa shape index (κ2) is 4.53. The number of hydrogen-bond acceptors (Lipinski definition) is 2. The van der Waals surface area contributed by atoms with Crippen molar-refractivity contribution in [1.82, 2.24) is 14.5 Å². The molecule has 1 aliphatic heterocycles. The van der Waals surface area contributed by atoms with Gasteiger partial charge in [0.2, 0.25) is 5.91 Å². The molecule has 0 saturated carbocycles. The zero-order valence-electron chi connectivity index (χ0n) is 11.1. The summed E-state index contributed by atoms with van der Waals surface area (Å²) in [7, 11) is 1.84. The number of hydrogen-bond donors (Lipinski definition) is 0. The maximum atomic E-state index is 12.2. The van der Waals surface area contributed by atoms with Crippen LogP contribution in [-0.2, 0) is 10.7 Å². The molecule has 1 saturated heterocycles. The molecule has 1 fully saturated rings. The maximum Gasteiger partial charge on any atom is 0.245 e. The van der Waals surface area contributed by atoms with Gasteiger partial charge in [0.05, 0.1) is 16.9 Å². The van der Waals surface area contributed by atoms with Gasteiger partial charge >= 0.3 is 0 Å². The highest BCUT2D eigenvalue weighted by molar-refractivity contribution is 6.17. The quantitative estimate of drug-likeness (QED) is 0.791.